The lowest BCUT2D eigenvalue weighted by atomic mass is 9.85. The Bertz CT molecular complexity index is 389. The van der Waals surface area contributed by atoms with E-state index in [1.54, 1.807) is 0 Å². The highest BCUT2D eigenvalue weighted by Crippen LogP contribution is 2.34. The number of amides is 1. The van der Waals surface area contributed by atoms with Crippen molar-refractivity contribution < 1.29 is 9.53 Å². The van der Waals surface area contributed by atoms with E-state index >= 15 is 0 Å². The molecule has 1 aromatic rings. The van der Waals surface area contributed by atoms with Gasteiger partial charge in [-0.15, -0.1) is 0 Å². The van der Waals surface area contributed by atoms with E-state index in [-0.39, 0.29) is 18.2 Å². The molecule has 1 amide bonds. The van der Waals surface area contributed by atoms with Gasteiger partial charge in [0.25, 0.3) is 0 Å². The SMILES string of the molecule is O=C1N[C@@H]2Cc3ccccc3[C@H](C2)O1. The number of carbonyl (C=O) groups is 1. The summed E-state index contributed by atoms with van der Waals surface area (Å²) < 4.78 is 5.23. The van der Waals surface area contributed by atoms with Gasteiger partial charge in [0.1, 0.15) is 6.10 Å². The normalized spacial score (nSPS) is 28.7. The summed E-state index contributed by atoms with van der Waals surface area (Å²) in [5, 5.41) is 2.83. The highest BCUT2D eigenvalue weighted by Gasteiger charge is 2.34. The lowest BCUT2D eigenvalue weighted by Gasteiger charge is -2.36. The first-order valence-electron chi connectivity index (χ1n) is 4.88. The summed E-state index contributed by atoms with van der Waals surface area (Å²) >= 11 is 0. The van der Waals surface area contributed by atoms with Crippen molar-refractivity contribution >= 4 is 6.09 Å². The maximum Gasteiger partial charge on any atom is 0.407 e. The molecule has 3 nitrogen and oxygen atoms in total. The monoisotopic (exact) mass is 189 g/mol. The van der Waals surface area contributed by atoms with Crippen molar-refractivity contribution in [2.75, 3.05) is 0 Å². The highest BCUT2D eigenvalue weighted by atomic mass is 16.6. The second-order valence-electron chi connectivity index (χ2n) is 3.87. The number of fused-ring (bicyclic) bond motifs is 4. The third-order valence-electron chi connectivity index (χ3n) is 2.94. The molecule has 0 saturated carbocycles. The number of rotatable bonds is 0. The molecule has 3 rings (SSSR count). The molecular weight excluding hydrogens is 178 g/mol. The van der Waals surface area contributed by atoms with Crippen molar-refractivity contribution in [1.82, 2.24) is 5.32 Å². The van der Waals surface area contributed by atoms with Crippen LogP contribution in [0.3, 0.4) is 0 Å². The number of carbonyl (C=O) groups excluding carboxylic acids is 1. The summed E-state index contributed by atoms with van der Waals surface area (Å²) in [6, 6.07) is 8.44. The number of hydrogen-bond acceptors (Lipinski definition) is 2. The molecule has 2 aliphatic rings. The number of hydrogen-bond donors (Lipinski definition) is 1. The maximum absolute atomic E-state index is 11.2. The fourth-order valence-corrected chi connectivity index (χ4v) is 2.32. The number of nitrogens with one attached hydrogen (secondary N) is 1. The van der Waals surface area contributed by atoms with Gasteiger partial charge in [-0.1, -0.05) is 24.3 Å². The van der Waals surface area contributed by atoms with E-state index in [1.165, 1.54) is 11.1 Å². The summed E-state index contributed by atoms with van der Waals surface area (Å²) in [5.74, 6) is 0. The van der Waals surface area contributed by atoms with Crippen molar-refractivity contribution in [2.45, 2.75) is 25.0 Å². The first-order valence-corrected chi connectivity index (χ1v) is 4.88. The average Bonchev–Trinajstić information content (AvgIpc) is 2.17. The molecular formula is C11H11NO2. The molecule has 0 spiro atoms. The highest BCUT2D eigenvalue weighted by molar-refractivity contribution is 5.69. The fraction of sp³-hybridized carbons (Fsp3) is 0.364. The summed E-state index contributed by atoms with van der Waals surface area (Å²) in [7, 11) is 0. The van der Waals surface area contributed by atoms with Gasteiger partial charge in [-0.25, -0.2) is 4.79 Å². The molecule has 1 fully saturated rings. The average molecular weight is 189 g/mol. The zero-order valence-electron chi connectivity index (χ0n) is 7.69. The quantitative estimate of drug-likeness (QED) is 0.675. The third-order valence-corrected chi connectivity index (χ3v) is 2.94. The maximum atomic E-state index is 11.2. The van der Waals surface area contributed by atoms with E-state index in [4.69, 9.17) is 4.74 Å². The van der Waals surface area contributed by atoms with Gasteiger partial charge < -0.3 is 10.1 Å². The van der Waals surface area contributed by atoms with E-state index < -0.39 is 0 Å². The van der Waals surface area contributed by atoms with Gasteiger partial charge in [-0.3, -0.25) is 0 Å². The number of alkyl carbamates (subject to hydrolysis) is 1. The molecule has 1 saturated heterocycles. The zero-order valence-corrected chi connectivity index (χ0v) is 7.69. The van der Waals surface area contributed by atoms with Gasteiger partial charge >= 0.3 is 6.09 Å². The Morgan fingerprint density at radius 1 is 1.36 bits per heavy atom. The summed E-state index contributed by atoms with van der Waals surface area (Å²) in [6.07, 6.45) is 1.53. The van der Waals surface area contributed by atoms with Crippen LogP contribution >= 0.6 is 0 Å². The third kappa shape index (κ3) is 1.09. The molecule has 72 valence electrons. The molecule has 1 aliphatic carbocycles. The van der Waals surface area contributed by atoms with Crippen molar-refractivity contribution in [3.8, 4) is 0 Å². The van der Waals surface area contributed by atoms with E-state index in [2.05, 4.69) is 17.4 Å². The van der Waals surface area contributed by atoms with Crippen molar-refractivity contribution in [1.29, 1.82) is 0 Å². The first-order chi connectivity index (χ1) is 6.83. The molecule has 0 unspecified atom stereocenters. The summed E-state index contributed by atoms with van der Waals surface area (Å²) in [5.41, 5.74) is 2.48. The van der Waals surface area contributed by atoms with E-state index in [0.717, 1.165) is 12.8 Å². The lowest BCUT2D eigenvalue weighted by molar-refractivity contribution is 0.0516. The molecule has 1 aromatic carbocycles. The number of benzene rings is 1. The van der Waals surface area contributed by atoms with Crippen LogP contribution in [-0.4, -0.2) is 12.1 Å². The zero-order chi connectivity index (χ0) is 9.54. The van der Waals surface area contributed by atoms with Crippen LogP contribution in [0.5, 0.6) is 0 Å². The van der Waals surface area contributed by atoms with Gasteiger partial charge in [0.2, 0.25) is 0 Å². The summed E-state index contributed by atoms with van der Waals surface area (Å²) in [4.78, 5) is 11.2. The van der Waals surface area contributed by atoms with Crippen LogP contribution in [0.25, 0.3) is 0 Å². The van der Waals surface area contributed by atoms with Gasteiger partial charge in [-0.05, 0) is 17.5 Å². The molecule has 3 heteroatoms. The second kappa shape index (κ2) is 2.74. The Balaban J connectivity index is 2.05. The molecule has 2 bridgehead atoms. The van der Waals surface area contributed by atoms with E-state index in [1.807, 2.05) is 12.1 Å². The molecule has 0 aromatic heterocycles. The fourth-order valence-electron chi connectivity index (χ4n) is 2.32. The van der Waals surface area contributed by atoms with E-state index in [9.17, 15) is 4.79 Å². The van der Waals surface area contributed by atoms with Crippen LogP contribution in [0.2, 0.25) is 0 Å². The molecule has 1 N–H and O–H groups in total. The van der Waals surface area contributed by atoms with Crippen molar-refractivity contribution in [3.05, 3.63) is 35.4 Å². The van der Waals surface area contributed by atoms with Crippen LogP contribution in [0.1, 0.15) is 23.7 Å². The molecule has 2 atom stereocenters. The minimum Gasteiger partial charge on any atom is -0.441 e. The van der Waals surface area contributed by atoms with Gasteiger partial charge in [0.05, 0.1) is 0 Å². The Morgan fingerprint density at radius 2 is 2.21 bits per heavy atom. The Hall–Kier alpha value is -1.51. The predicted octanol–water partition coefficient (Wildman–Crippen LogP) is 1.78. The van der Waals surface area contributed by atoms with Gasteiger partial charge in [0.15, 0.2) is 0 Å². The van der Waals surface area contributed by atoms with Crippen LogP contribution in [-0.2, 0) is 11.2 Å². The van der Waals surface area contributed by atoms with Crippen LogP contribution in [0.15, 0.2) is 24.3 Å². The predicted molar refractivity (Wildman–Crippen MR) is 50.9 cm³/mol. The second-order valence-corrected chi connectivity index (χ2v) is 3.87. The van der Waals surface area contributed by atoms with E-state index in [0.29, 0.717) is 0 Å². The molecule has 0 radical (unpaired) electrons. The lowest BCUT2D eigenvalue weighted by Crippen LogP contribution is -2.46. The van der Waals surface area contributed by atoms with Gasteiger partial charge in [-0.2, -0.15) is 0 Å². The van der Waals surface area contributed by atoms with Crippen molar-refractivity contribution in [3.63, 3.8) is 0 Å². The Morgan fingerprint density at radius 3 is 3.14 bits per heavy atom. The first kappa shape index (κ1) is 7.85. The van der Waals surface area contributed by atoms with Crippen LogP contribution < -0.4 is 5.32 Å². The number of ether oxygens (including phenoxy) is 1. The molecule has 14 heavy (non-hydrogen) atoms. The minimum atomic E-state index is -0.277. The minimum absolute atomic E-state index is 0.0290. The van der Waals surface area contributed by atoms with Gasteiger partial charge in [0, 0.05) is 12.5 Å². The summed E-state index contributed by atoms with van der Waals surface area (Å²) in [6.45, 7) is 0. The molecule has 1 heterocycles. The molecule has 1 aliphatic heterocycles. The largest absolute Gasteiger partial charge is 0.441 e. The van der Waals surface area contributed by atoms with Crippen LogP contribution in [0.4, 0.5) is 4.79 Å². The Kier molecular flexibility index (Phi) is 1.54. The van der Waals surface area contributed by atoms with Crippen molar-refractivity contribution in [2.24, 2.45) is 0 Å². The van der Waals surface area contributed by atoms with Crippen LogP contribution in [0, 0.1) is 0 Å². The topological polar surface area (TPSA) is 38.3 Å². The Labute approximate surface area is 82.1 Å². The smallest absolute Gasteiger partial charge is 0.407 e. The standard InChI is InChI=1S/C11H11NO2/c13-11-12-8-5-7-3-1-2-4-9(7)10(6-8)14-11/h1-4,8,10H,5-6H2,(H,12,13)/t8-,10+/m1/s1.